The van der Waals surface area contributed by atoms with Crippen LogP contribution in [0.3, 0.4) is 0 Å². The Balaban J connectivity index is 1.99. The first-order chi connectivity index (χ1) is 13.4. The maximum absolute atomic E-state index is 12.8. The number of carbonyl (C=O) groups is 1. The van der Waals surface area contributed by atoms with Crippen LogP contribution in [0.2, 0.25) is 0 Å². The number of rotatable bonds is 7. The molecule has 0 saturated carbocycles. The SMILES string of the molecule is CCn1c(=O)c(C(=O)CSc2nc(C)cs2)c(N)n(Cc2ccccc2)c1=O. The molecule has 1 aromatic carbocycles. The number of thioether (sulfide) groups is 1. The van der Waals surface area contributed by atoms with Gasteiger partial charge in [-0.1, -0.05) is 42.1 Å². The highest BCUT2D eigenvalue weighted by Crippen LogP contribution is 2.23. The number of Topliss-reactive ketones (excluding diaryl/α,β-unsaturated/α-hetero) is 1. The highest BCUT2D eigenvalue weighted by molar-refractivity contribution is 8.01. The molecule has 3 aromatic rings. The molecule has 0 aliphatic heterocycles. The lowest BCUT2D eigenvalue weighted by atomic mass is 10.2. The zero-order valence-corrected chi connectivity index (χ0v) is 17.2. The quantitative estimate of drug-likeness (QED) is 0.469. The fourth-order valence-corrected chi connectivity index (χ4v) is 4.49. The number of ketones is 1. The molecule has 9 heteroatoms. The van der Waals surface area contributed by atoms with E-state index in [1.165, 1.54) is 27.7 Å². The van der Waals surface area contributed by atoms with Crippen LogP contribution in [0, 0.1) is 6.92 Å². The summed E-state index contributed by atoms with van der Waals surface area (Å²) in [4.78, 5) is 42.6. The summed E-state index contributed by atoms with van der Waals surface area (Å²) in [5, 5.41) is 1.89. The lowest BCUT2D eigenvalue weighted by Gasteiger charge is -2.15. The Hall–Kier alpha value is -2.65. The molecule has 0 aliphatic carbocycles. The van der Waals surface area contributed by atoms with Crippen LogP contribution in [0.5, 0.6) is 0 Å². The van der Waals surface area contributed by atoms with Gasteiger partial charge in [0.1, 0.15) is 11.4 Å². The first-order valence-corrected chi connectivity index (χ1v) is 10.5. The number of carbonyl (C=O) groups excluding carboxylic acids is 1. The van der Waals surface area contributed by atoms with Crippen molar-refractivity contribution in [3.63, 3.8) is 0 Å². The molecule has 7 nitrogen and oxygen atoms in total. The summed E-state index contributed by atoms with van der Waals surface area (Å²) in [5.41, 5.74) is 6.56. The van der Waals surface area contributed by atoms with Crippen molar-refractivity contribution >= 4 is 34.7 Å². The smallest absolute Gasteiger partial charge is 0.332 e. The van der Waals surface area contributed by atoms with Gasteiger partial charge in [-0.2, -0.15) is 0 Å². The second kappa shape index (κ2) is 8.57. The lowest BCUT2D eigenvalue weighted by Crippen LogP contribution is -2.44. The fraction of sp³-hybridized carbons (Fsp3) is 0.263. The van der Waals surface area contributed by atoms with E-state index in [-0.39, 0.29) is 30.2 Å². The zero-order chi connectivity index (χ0) is 20.3. The molecule has 2 aromatic heterocycles. The third kappa shape index (κ3) is 4.10. The predicted octanol–water partition coefficient (Wildman–Crippen LogP) is 2.40. The summed E-state index contributed by atoms with van der Waals surface area (Å²) in [6.45, 7) is 3.91. The summed E-state index contributed by atoms with van der Waals surface area (Å²) < 4.78 is 3.08. The van der Waals surface area contributed by atoms with Crippen molar-refractivity contribution < 1.29 is 4.79 Å². The highest BCUT2D eigenvalue weighted by Gasteiger charge is 2.22. The Bertz CT molecular complexity index is 1120. The van der Waals surface area contributed by atoms with E-state index in [9.17, 15) is 14.4 Å². The number of anilines is 1. The van der Waals surface area contributed by atoms with Crippen LogP contribution in [0.4, 0.5) is 5.82 Å². The van der Waals surface area contributed by atoms with Crippen molar-refractivity contribution in [1.29, 1.82) is 0 Å². The third-order valence-corrected chi connectivity index (χ3v) is 6.31. The van der Waals surface area contributed by atoms with Crippen molar-refractivity contribution in [1.82, 2.24) is 14.1 Å². The standard InChI is InChI=1S/C19H20N4O3S2/c1-3-22-17(25)15(14(24)11-28-18-21-12(2)10-27-18)16(20)23(19(22)26)9-13-7-5-4-6-8-13/h4-8,10H,3,9,11,20H2,1-2H3. The maximum Gasteiger partial charge on any atom is 0.332 e. The first-order valence-electron chi connectivity index (χ1n) is 8.67. The van der Waals surface area contributed by atoms with E-state index in [0.29, 0.717) is 0 Å². The number of thiazole rings is 1. The van der Waals surface area contributed by atoms with Gasteiger partial charge in [-0.15, -0.1) is 11.3 Å². The summed E-state index contributed by atoms with van der Waals surface area (Å²) in [6.07, 6.45) is 0. The normalized spacial score (nSPS) is 10.9. The first kappa shape index (κ1) is 20.1. The molecule has 146 valence electrons. The molecular weight excluding hydrogens is 396 g/mol. The molecule has 0 radical (unpaired) electrons. The van der Waals surface area contributed by atoms with Crippen LogP contribution in [-0.2, 0) is 13.1 Å². The molecule has 0 spiro atoms. The number of aromatic nitrogens is 3. The maximum atomic E-state index is 12.8. The molecule has 2 heterocycles. The minimum absolute atomic E-state index is 0.0274. The lowest BCUT2D eigenvalue weighted by molar-refractivity contribution is 0.102. The minimum atomic E-state index is -0.643. The van der Waals surface area contributed by atoms with Crippen LogP contribution in [0.15, 0.2) is 49.6 Å². The van der Waals surface area contributed by atoms with Crippen LogP contribution in [-0.4, -0.2) is 25.7 Å². The molecular formula is C19H20N4O3S2. The van der Waals surface area contributed by atoms with Gasteiger partial charge in [-0.05, 0) is 19.4 Å². The van der Waals surface area contributed by atoms with Gasteiger partial charge < -0.3 is 5.73 Å². The van der Waals surface area contributed by atoms with E-state index in [0.717, 1.165) is 20.2 Å². The highest BCUT2D eigenvalue weighted by atomic mass is 32.2. The zero-order valence-electron chi connectivity index (χ0n) is 15.5. The molecule has 2 N–H and O–H groups in total. The molecule has 0 unspecified atom stereocenters. The van der Waals surface area contributed by atoms with Gasteiger partial charge in [-0.25, -0.2) is 9.78 Å². The summed E-state index contributed by atoms with van der Waals surface area (Å²) in [7, 11) is 0. The largest absolute Gasteiger partial charge is 0.384 e. The molecule has 0 amide bonds. The van der Waals surface area contributed by atoms with Crippen LogP contribution in [0.25, 0.3) is 0 Å². The average molecular weight is 417 g/mol. The summed E-state index contributed by atoms with van der Waals surface area (Å²) in [5.74, 6) is -0.478. The van der Waals surface area contributed by atoms with Crippen molar-refractivity contribution in [2.24, 2.45) is 0 Å². The molecule has 28 heavy (non-hydrogen) atoms. The minimum Gasteiger partial charge on any atom is -0.384 e. The monoisotopic (exact) mass is 416 g/mol. The van der Waals surface area contributed by atoms with Gasteiger partial charge in [0.15, 0.2) is 10.1 Å². The number of nitrogen functional groups attached to an aromatic ring is 1. The van der Waals surface area contributed by atoms with E-state index < -0.39 is 17.0 Å². The number of nitrogens with two attached hydrogens (primary N) is 1. The average Bonchev–Trinajstić information content (AvgIpc) is 3.10. The van der Waals surface area contributed by atoms with Gasteiger partial charge in [-0.3, -0.25) is 18.7 Å². The van der Waals surface area contributed by atoms with Crippen molar-refractivity contribution in [3.05, 3.63) is 73.4 Å². The second-order valence-electron chi connectivity index (χ2n) is 6.13. The van der Waals surface area contributed by atoms with Gasteiger partial charge in [0.25, 0.3) is 5.56 Å². The Kier molecular flexibility index (Phi) is 6.15. The van der Waals surface area contributed by atoms with E-state index in [4.69, 9.17) is 5.73 Å². The van der Waals surface area contributed by atoms with Gasteiger partial charge in [0.05, 0.1) is 12.3 Å². The number of benzene rings is 1. The third-order valence-electron chi connectivity index (χ3n) is 4.17. The van der Waals surface area contributed by atoms with Crippen molar-refractivity contribution in [2.45, 2.75) is 31.3 Å². The molecule has 0 saturated heterocycles. The van der Waals surface area contributed by atoms with Gasteiger partial charge >= 0.3 is 5.69 Å². The number of hydrogen-bond acceptors (Lipinski definition) is 7. The number of hydrogen-bond donors (Lipinski definition) is 1. The molecule has 3 rings (SSSR count). The Morgan fingerprint density at radius 1 is 1.21 bits per heavy atom. The van der Waals surface area contributed by atoms with Crippen molar-refractivity contribution in [3.8, 4) is 0 Å². The summed E-state index contributed by atoms with van der Waals surface area (Å²) in [6, 6.07) is 9.29. The molecule has 0 bridgehead atoms. The number of aryl methyl sites for hydroxylation is 1. The van der Waals surface area contributed by atoms with Crippen LogP contribution < -0.4 is 17.0 Å². The van der Waals surface area contributed by atoms with Crippen LogP contribution in [0.1, 0.15) is 28.5 Å². The van der Waals surface area contributed by atoms with Crippen LogP contribution >= 0.6 is 23.1 Å². The number of nitrogens with zero attached hydrogens (tertiary/aromatic N) is 3. The topological polar surface area (TPSA) is 100.0 Å². The van der Waals surface area contributed by atoms with Crippen molar-refractivity contribution in [2.75, 3.05) is 11.5 Å². The van der Waals surface area contributed by atoms with E-state index in [2.05, 4.69) is 4.98 Å². The summed E-state index contributed by atoms with van der Waals surface area (Å²) >= 11 is 2.70. The Labute approximate surface area is 169 Å². The van der Waals surface area contributed by atoms with E-state index in [1.54, 1.807) is 6.92 Å². The molecule has 0 atom stereocenters. The predicted molar refractivity (Wildman–Crippen MR) is 112 cm³/mol. The molecule has 0 aliphatic rings. The van der Waals surface area contributed by atoms with E-state index in [1.807, 2.05) is 42.6 Å². The van der Waals surface area contributed by atoms with Gasteiger partial charge in [0, 0.05) is 17.6 Å². The van der Waals surface area contributed by atoms with Gasteiger partial charge in [0.2, 0.25) is 0 Å². The Morgan fingerprint density at radius 2 is 1.93 bits per heavy atom. The Morgan fingerprint density at radius 3 is 2.54 bits per heavy atom. The molecule has 0 fully saturated rings. The fourth-order valence-electron chi connectivity index (χ4n) is 2.77. The van der Waals surface area contributed by atoms with E-state index >= 15 is 0 Å². The second-order valence-corrected chi connectivity index (χ2v) is 8.21.